The summed E-state index contributed by atoms with van der Waals surface area (Å²) < 4.78 is 0. The van der Waals surface area contributed by atoms with Gasteiger partial charge < -0.3 is 10.4 Å². The van der Waals surface area contributed by atoms with Gasteiger partial charge in [-0.2, -0.15) is 0 Å². The fraction of sp³-hybridized carbons (Fsp3) is 0.500. The molecule has 0 atom stereocenters. The molecule has 94 valence electrons. The summed E-state index contributed by atoms with van der Waals surface area (Å²) in [6.07, 6.45) is 5.09. The van der Waals surface area contributed by atoms with Gasteiger partial charge in [0.1, 0.15) is 0 Å². The van der Waals surface area contributed by atoms with Crippen molar-refractivity contribution in [2.45, 2.75) is 39.0 Å². The summed E-state index contributed by atoms with van der Waals surface area (Å²) in [5.41, 5.74) is 1.91. The van der Waals surface area contributed by atoms with Gasteiger partial charge in [0.15, 0.2) is 0 Å². The van der Waals surface area contributed by atoms with Gasteiger partial charge in [0.2, 0.25) is 0 Å². The van der Waals surface area contributed by atoms with Gasteiger partial charge in [0.25, 0.3) is 0 Å². The second kappa shape index (κ2) is 7.71. The Morgan fingerprint density at radius 3 is 2.47 bits per heavy atom. The van der Waals surface area contributed by atoms with E-state index in [1.54, 1.807) is 0 Å². The number of carboxylic acid groups (broad SMARTS) is 1. The van der Waals surface area contributed by atoms with Crippen LogP contribution in [0.5, 0.6) is 0 Å². The molecule has 0 aliphatic heterocycles. The summed E-state index contributed by atoms with van der Waals surface area (Å²) >= 11 is 0. The maximum Gasteiger partial charge on any atom is 0.307 e. The number of carbonyl (C=O) groups is 1. The van der Waals surface area contributed by atoms with Gasteiger partial charge in [0.05, 0.1) is 6.42 Å². The Morgan fingerprint density at radius 2 is 1.88 bits per heavy atom. The SMILES string of the molecule is CCCCCCNc1ccc(CC(=O)O)cc1. The molecule has 0 saturated heterocycles. The van der Waals surface area contributed by atoms with Gasteiger partial charge in [0, 0.05) is 12.2 Å². The van der Waals surface area contributed by atoms with Crippen molar-refractivity contribution in [3.05, 3.63) is 29.8 Å². The third-order valence-corrected chi connectivity index (χ3v) is 2.67. The van der Waals surface area contributed by atoms with Crippen molar-refractivity contribution >= 4 is 11.7 Å². The number of hydrogen-bond acceptors (Lipinski definition) is 2. The highest BCUT2D eigenvalue weighted by Gasteiger charge is 1.99. The first kappa shape index (κ1) is 13.6. The van der Waals surface area contributed by atoms with E-state index in [0.717, 1.165) is 17.8 Å². The number of hydrogen-bond donors (Lipinski definition) is 2. The molecule has 3 heteroatoms. The highest BCUT2D eigenvalue weighted by atomic mass is 16.4. The lowest BCUT2D eigenvalue weighted by Crippen LogP contribution is -2.02. The maximum atomic E-state index is 10.5. The molecule has 17 heavy (non-hydrogen) atoms. The molecule has 0 amide bonds. The summed E-state index contributed by atoms with van der Waals surface area (Å²) in [7, 11) is 0. The molecule has 0 spiro atoms. The van der Waals surface area contributed by atoms with Gasteiger partial charge in [-0.25, -0.2) is 0 Å². The number of aliphatic carboxylic acids is 1. The van der Waals surface area contributed by atoms with Gasteiger partial charge in [-0.3, -0.25) is 4.79 Å². The van der Waals surface area contributed by atoms with Crippen LogP contribution in [0.25, 0.3) is 0 Å². The highest BCUT2D eigenvalue weighted by molar-refractivity contribution is 5.70. The van der Waals surface area contributed by atoms with Crippen LogP contribution < -0.4 is 5.32 Å². The van der Waals surface area contributed by atoms with Crippen LogP contribution in [0.3, 0.4) is 0 Å². The molecule has 0 unspecified atom stereocenters. The predicted molar refractivity (Wildman–Crippen MR) is 70.4 cm³/mol. The molecule has 1 aromatic rings. The van der Waals surface area contributed by atoms with E-state index in [9.17, 15) is 4.79 Å². The van der Waals surface area contributed by atoms with Crippen molar-refractivity contribution in [1.82, 2.24) is 0 Å². The molecule has 0 aliphatic rings. The van der Waals surface area contributed by atoms with E-state index in [1.165, 1.54) is 25.7 Å². The molecule has 0 aromatic heterocycles. The lowest BCUT2D eigenvalue weighted by Gasteiger charge is -2.06. The molecule has 0 bridgehead atoms. The van der Waals surface area contributed by atoms with Gasteiger partial charge in [-0.15, -0.1) is 0 Å². The number of anilines is 1. The summed E-state index contributed by atoms with van der Waals surface area (Å²) in [6.45, 7) is 3.19. The van der Waals surface area contributed by atoms with Crippen LogP contribution >= 0.6 is 0 Å². The Morgan fingerprint density at radius 1 is 1.18 bits per heavy atom. The minimum absolute atomic E-state index is 0.0940. The van der Waals surface area contributed by atoms with Crippen molar-refractivity contribution in [3.63, 3.8) is 0 Å². The van der Waals surface area contributed by atoms with Gasteiger partial charge in [-0.05, 0) is 24.1 Å². The Hall–Kier alpha value is -1.51. The van der Waals surface area contributed by atoms with Gasteiger partial charge in [-0.1, -0.05) is 38.3 Å². The average molecular weight is 235 g/mol. The average Bonchev–Trinajstić information content (AvgIpc) is 2.30. The zero-order valence-corrected chi connectivity index (χ0v) is 10.4. The van der Waals surface area contributed by atoms with E-state index in [0.29, 0.717) is 0 Å². The first-order chi connectivity index (χ1) is 8.22. The second-order valence-corrected chi connectivity index (χ2v) is 4.25. The van der Waals surface area contributed by atoms with E-state index in [2.05, 4.69) is 12.2 Å². The molecule has 2 N–H and O–H groups in total. The van der Waals surface area contributed by atoms with Crippen LogP contribution in [0.2, 0.25) is 0 Å². The zero-order chi connectivity index (χ0) is 12.5. The fourth-order valence-corrected chi connectivity index (χ4v) is 1.70. The quantitative estimate of drug-likeness (QED) is 0.680. The Balaban J connectivity index is 2.28. The molecule has 0 heterocycles. The van der Waals surface area contributed by atoms with Crippen LogP contribution in [0.4, 0.5) is 5.69 Å². The Bertz CT molecular complexity index is 333. The van der Waals surface area contributed by atoms with Crippen LogP contribution in [-0.2, 0) is 11.2 Å². The first-order valence-corrected chi connectivity index (χ1v) is 6.27. The van der Waals surface area contributed by atoms with Crippen molar-refractivity contribution in [2.24, 2.45) is 0 Å². The second-order valence-electron chi connectivity index (χ2n) is 4.25. The molecule has 1 rings (SSSR count). The fourth-order valence-electron chi connectivity index (χ4n) is 1.70. The standard InChI is InChI=1S/C14H21NO2/c1-2-3-4-5-10-15-13-8-6-12(7-9-13)11-14(16)17/h6-9,15H,2-5,10-11H2,1H3,(H,16,17). The van der Waals surface area contributed by atoms with Crippen LogP contribution in [0.1, 0.15) is 38.2 Å². The summed E-state index contributed by atoms with van der Waals surface area (Å²) in [5, 5.41) is 12.0. The Labute approximate surface area is 103 Å². The highest BCUT2D eigenvalue weighted by Crippen LogP contribution is 2.10. The molecular weight excluding hydrogens is 214 g/mol. The number of carboxylic acids is 1. The summed E-state index contributed by atoms with van der Waals surface area (Å²) in [6, 6.07) is 7.61. The lowest BCUT2D eigenvalue weighted by atomic mass is 10.1. The van der Waals surface area contributed by atoms with E-state index in [1.807, 2.05) is 24.3 Å². The molecular formula is C14H21NO2. The molecule has 0 fully saturated rings. The Kier molecular flexibility index (Phi) is 6.15. The normalized spacial score (nSPS) is 10.2. The van der Waals surface area contributed by atoms with Crippen molar-refractivity contribution in [1.29, 1.82) is 0 Å². The first-order valence-electron chi connectivity index (χ1n) is 6.27. The molecule has 0 saturated carbocycles. The monoisotopic (exact) mass is 235 g/mol. The minimum atomic E-state index is -0.787. The number of benzene rings is 1. The van der Waals surface area contributed by atoms with Crippen LogP contribution in [0, 0.1) is 0 Å². The molecule has 3 nitrogen and oxygen atoms in total. The van der Waals surface area contributed by atoms with E-state index in [-0.39, 0.29) is 6.42 Å². The lowest BCUT2D eigenvalue weighted by molar-refractivity contribution is -0.136. The maximum absolute atomic E-state index is 10.5. The van der Waals surface area contributed by atoms with Crippen molar-refractivity contribution < 1.29 is 9.90 Å². The van der Waals surface area contributed by atoms with Gasteiger partial charge >= 0.3 is 5.97 Å². The molecule has 0 radical (unpaired) electrons. The largest absolute Gasteiger partial charge is 0.481 e. The minimum Gasteiger partial charge on any atom is -0.481 e. The third-order valence-electron chi connectivity index (χ3n) is 2.67. The number of unbranched alkanes of at least 4 members (excludes halogenated alkanes) is 3. The van der Waals surface area contributed by atoms with E-state index < -0.39 is 5.97 Å². The summed E-state index contributed by atoms with van der Waals surface area (Å²) in [4.78, 5) is 10.5. The molecule has 0 aliphatic carbocycles. The van der Waals surface area contributed by atoms with Crippen molar-refractivity contribution in [2.75, 3.05) is 11.9 Å². The third kappa shape index (κ3) is 5.95. The number of nitrogens with one attached hydrogen (secondary N) is 1. The smallest absolute Gasteiger partial charge is 0.307 e. The molecule has 1 aromatic carbocycles. The zero-order valence-electron chi connectivity index (χ0n) is 10.4. The topological polar surface area (TPSA) is 49.3 Å². The summed E-state index contributed by atoms with van der Waals surface area (Å²) in [5.74, 6) is -0.787. The van der Waals surface area contributed by atoms with Crippen LogP contribution in [0.15, 0.2) is 24.3 Å². The predicted octanol–water partition coefficient (Wildman–Crippen LogP) is 3.31. The number of rotatable bonds is 8. The van der Waals surface area contributed by atoms with Crippen molar-refractivity contribution in [3.8, 4) is 0 Å². The van der Waals surface area contributed by atoms with E-state index >= 15 is 0 Å². The van der Waals surface area contributed by atoms with Crippen LogP contribution in [-0.4, -0.2) is 17.6 Å². The van der Waals surface area contributed by atoms with E-state index in [4.69, 9.17) is 5.11 Å².